The lowest BCUT2D eigenvalue weighted by atomic mass is 9.96. The first kappa shape index (κ1) is 15.7. The first-order valence-corrected chi connectivity index (χ1v) is 8.58. The summed E-state index contributed by atoms with van der Waals surface area (Å²) >= 11 is 0. The van der Waals surface area contributed by atoms with Crippen LogP contribution in [0.4, 0.5) is 0 Å². The number of aromatic amines is 1. The molecular formula is C16H24N6O2. The van der Waals surface area contributed by atoms with E-state index in [9.17, 15) is 0 Å². The SMILES string of the molecule is CC(C)(C)c1n[nH]c(C2CN(Cc3nnc(C4CC4)o3)CCO2)n1. The van der Waals surface area contributed by atoms with Crippen LogP contribution in [0.2, 0.25) is 0 Å². The number of morpholine rings is 1. The summed E-state index contributed by atoms with van der Waals surface area (Å²) in [5.74, 6) is 3.57. The molecule has 0 radical (unpaired) electrons. The van der Waals surface area contributed by atoms with Gasteiger partial charge >= 0.3 is 0 Å². The quantitative estimate of drug-likeness (QED) is 0.914. The van der Waals surface area contributed by atoms with Crippen LogP contribution in [-0.2, 0) is 16.7 Å². The Morgan fingerprint density at radius 3 is 2.79 bits per heavy atom. The Morgan fingerprint density at radius 1 is 1.25 bits per heavy atom. The Morgan fingerprint density at radius 2 is 2.08 bits per heavy atom. The van der Waals surface area contributed by atoms with Crippen molar-refractivity contribution in [1.29, 1.82) is 0 Å². The number of aromatic nitrogens is 5. The molecule has 4 rings (SSSR count). The zero-order chi connectivity index (χ0) is 16.7. The summed E-state index contributed by atoms with van der Waals surface area (Å²) in [6.07, 6.45) is 2.24. The van der Waals surface area contributed by atoms with Gasteiger partial charge in [0, 0.05) is 24.4 Å². The molecule has 1 saturated carbocycles. The summed E-state index contributed by atoms with van der Waals surface area (Å²) in [5, 5.41) is 15.7. The maximum Gasteiger partial charge on any atom is 0.230 e. The Labute approximate surface area is 141 Å². The maximum atomic E-state index is 5.87. The summed E-state index contributed by atoms with van der Waals surface area (Å²) in [6, 6.07) is 0. The van der Waals surface area contributed by atoms with E-state index in [2.05, 4.69) is 51.0 Å². The molecule has 8 nitrogen and oxygen atoms in total. The van der Waals surface area contributed by atoms with E-state index in [4.69, 9.17) is 9.15 Å². The number of H-pyrrole nitrogens is 1. The molecule has 1 unspecified atom stereocenters. The van der Waals surface area contributed by atoms with Gasteiger partial charge in [0.2, 0.25) is 11.8 Å². The molecule has 1 atom stereocenters. The molecule has 0 amide bonds. The summed E-state index contributed by atoms with van der Waals surface area (Å²) < 4.78 is 11.6. The number of rotatable bonds is 4. The number of nitrogens with zero attached hydrogens (tertiary/aromatic N) is 5. The van der Waals surface area contributed by atoms with E-state index in [1.165, 1.54) is 12.8 Å². The van der Waals surface area contributed by atoms with E-state index < -0.39 is 0 Å². The van der Waals surface area contributed by atoms with Crippen LogP contribution in [0.15, 0.2) is 4.42 Å². The van der Waals surface area contributed by atoms with Crippen LogP contribution in [0.1, 0.15) is 69.1 Å². The van der Waals surface area contributed by atoms with Gasteiger partial charge < -0.3 is 9.15 Å². The zero-order valence-corrected chi connectivity index (χ0v) is 14.4. The van der Waals surface area contributed by atoms with Gasteiger partial charge in [-0.05, 0) is 12.8 Å². The van der Waals surface area contributed by atoms with Crippen LogP contribution < -0.4 is 0 Å². The lowest BCUT2D eigenvalue weighted by Gasteiger charge is -2.30. The molecule has 0 aromatic carbocycles. The van der Waals surface area contributed by atoms with E-state index in [1.54, 1.807) is 0 Å². The van der Waals surface area contributed by atoms with Crippen LogP contribution >= 0.6 is 0 Å². The lowest BCUT2D eigenvalue weighted by Crippen LogP contribution is -2.38. The summed E-state index contributed by atoms with van der Waals surface area (Å²) in [4.78, 5) is 6.87. The van der Waals surface area contributed by atoms with Gasteiger partial charge in [-0.1, -0.05) is 20.8 Å². The minimum absolute atomic E-state index is 0.0773. The fourth-order valence-electron chi connectivity index (χ4n) is 2.78. The molecule has 0 bridgehead atoms. The molecule has 2 aliphatic rings. The van der Waals surface area contributed by atoms with Gasteiger partial charge in [-0.15, -0.1) is 10.2 Å². The summed E-state index contributed by atoms with van der Waals surface area (Å²) in [7, 11) is 0. The number of hydrogen-bond acceptors (Lipinski definition) is 7. The fourth-order valence-corrected chi connectivity index (χ4v) is 2.78. The number of ether oxygens (including phenoxy) is 1. The molecule has 1 N–H and O–H groups in total. The predicted molar refractivity (Wildman–Crippen MR) is 85.3 cm³/mol. The highest BCUT2D eigenvalue weighted by molar-refractivity contribution is 5.05. The second kappa shape index (κ2) is 5.93. The van der Waals surface area contributed by atoms with Crippen molar-refractivity contribution in [3.05, 3.63) is 23.4 Å². The van der Waals surface area contributed by atoms with Gasteiger partial charge in [0.05, 0.1) is 13.2 Å². The third kappa shape index (κ3) is 3.34. The molecule has 2 fully saturated rings. The highest BCUT2D eigenvalue weighted by Crippen LogP contribution is 2.39. The van der Waals surface area contributed by atoms with Crippen LogP contribution in [0, 0.1) is 0 Å². The highest BCUT2D eigenvalue weighted by atomic mass is 16.5. The zero-order valence-electron chi connectivity index (χ0n) is 14.4. The summed E-state index contributed by atoms with van der Waals surface area (Å²) in [5.41, 5.74) is -0.0773. The van der Waals surface area contributed by atoms with E-state index in [0.717, 1.165) is 30.6 Å². The third-order valence-electron chi connectivity index (χ3n) is 4.40. The topological polar surface area (TPSA) is 93.0 Å². The molecule has 130 valence electrons. The van der Waals surface area contributed by atoms with Crippen molar-refractivity contribution >= 4 is 0 Å². The minimum Gasteiger partial charge on any atom is -0.424 e. The smallest absolute Gasteiger partial charge is 0.230 e. The van der Waals surface area contributed by atoms with Gasteiger partial charge in [0.15, 0.2) is 11.6 Å². The number of nitrogens with one attached hydrogen (secondary N) is 1. The van der Waals surface area contributed by atoms with Crippen LogP contribution in [0.5, 0.6) is 0 Å². The van der Waals surface area contributed by atoms with Crippen molar-refractivity contribution in [1.82, 2.24) is 30.3 Å². The second-order valence-electron chi connectivity index (χ2n) is 7.70. The molecule has 8 heteroatoms. The van der Waals surface area contributed by atoms with Crippen molar-refractivity contribution in [3.63, 3.8) is 0 Å². The fraction of sp³-hybridized carbons (Fsp3) is 0.750. The van der Waals surface area contributed by atoms with Crippen molar-refractivity contribution in [2.24, 2.45) is 0 Å². The van der Waals surface area contributed by atoms with Crippen LogP contribution in [0.3, 0.4) is 0 Å². The normalized spacial score (nSPS) is 22.9. The van der Waals surface area contributed by atoms with E-state index in [-0.39, 0.29) is 11.5 Å². The molecule has 3 heterocycles. The maximum absolute atomic E-state index is 5.87. The largest absolute Gasteiger partial charge is 0.424 e. The lowest BCUT2D eigenvalue weighted by molar-refractivity contribution is -0.0393. The molecule has 2 aromatic heterocycles. The third-order valence-corrected chi connectivity index (χ3v) is 4.40. The van der Waals surface area contributed by atoms with Crippen LogP contribution in [0.25, 0.3) is 0 Å². The summed E-state index contributed by atoms with van der Waals surface area (Å²) in [6.45, 7) is 9.18. The van der Waals surface area contributed by atoms with Gasteiger partial charge in [-0.2, -0.15) is 5.10 Å². The van der Waals surface area contributed by atoms with Crippen molar-refractivity contribution < 1.29 is 9.15 Å². The van der Waals surface area contributed by atoms with E-state index in [0.29, 0.717) is 25.0 Å². The Hall–Kier alpha value is -1.80. The Balaban J connectivity index is 1.40. The first-order valence-electron chi connectivity index (χ1n) is 8.58. The predicted octanol–water partition coefficient (Wildman–Crippen LogP) is 1.94. The van der Waals surface area contributed by atoms with Crippen molar-refractivity contribution in [2.75, 3.05) is 19.7 Å². The first-order chi connectivity index (χ1) is 11.5. The van der Waals surface area contributed by atoms with Gasteiger partial charge in [-0.25, -0.2) is 4.98 Å². The van der Waals surface area contributed by atoms with Crippen molar-refractivity contribution in [3.8, 4) is 0 Å². The molecule has 2 aromatic rings. The van der Waals surface area contributed by atoms with Gasteiger partial charge in [0.25, 0.3) is 0 Å². The monoisotopic (exact) mass is 332 g/mol. The molecule has 1 saturated heterocycles. The van der Waals surface area contributed by atoms with Crippen molar-refractivity contribution in [2.45, 2.75) is 57.6 Å². The van der Waals surface area contributed by atoms with E-state index in [1.807, 2.05) is 0 Å². The van der Waals surface area contributed by atoms with Gasteiger partial charge in [0.1, 0.15) is 6.10 Å². The average Bonchev–Trinajstić information content (AvgIpc) is 3.08. The molecule has 1 aliphatic carbocycles. The Kier molecular flexibility index (Phi) is 3.88. The molecular weight excluding hydrogens is 308 g/mol. The molecule has 1 aliphatic heterocycles. The van der Waals surface area contributed by atoms with Crippen LogP contribution in [-0.4, -0.2) is 50.0 Å². The Bertz CT molecular complexity index is 699. The average molecular weight is 332 g/mol. The minimum atomic E-state index is -0.104. The second-order valence-corrected chi connectivity index (χ2v) is 7.70. The number of hydrogen-bond donors (Lipinski definition) is 1. The molecule has 24 heavy (non-hydrogen) atoms. The molecule has 0 spiro atoms. The highest BCUT2D eigenvalue weighted by Gasteiger charge is 2.31. The van der Waals surface area contributed by atoms with E-state index >= 15 is 0 Å². The van der Waals surface area contributed by atoms with Gasteiger partial charge in [-0.3, -0.25) is 10.00 Å². The standard InChI is InChI=1S/C16H24N6O2/c1-16(2,3)15-17-13(19-21-15)11-8-22(6-7-23-11)9-12-18-20-14(24-12)10-4-5-10/h10-11H,4-9H2,1-3H3,(H,17,19,21).